The van der Waals surface area contributed by atoms with Crippen LogP contribution in [0.1, 0.15) is 31.5 Å². The monoisotopic (exact) mass is 385 g/mol. The Bertz CT molecular complexity index is 908. The van der Waals surface area contributed by atoms with Crippen molar-refractivity contribution in [3.05, 3.63) is 47.1 Å². The lowest BCUT2D eigenvalue weighted by Crippen LogP contribution is -2.36. The first kappa shape index (κ1) is 18.9. The van der Waals surface area contributed by atoms with Crippen molar-refractivity contribution in [1.82, 2.24) is 9.97 Å². The molecule has 0 saturated heterocycles. The molecule has 1 atom stereocenters. The maximum absolute atomic E-state index is 13.0. The Labute approximate surface area is 162 Å². The maximum atomic E-state index is 13.0. The van der Waals surface area contributed by atoms with Crippen LogP contribution < -0.4 is 4.90 Å². The van der Waals surface area contributed by atoms with Crippen molar-refractivity contribution in [1.29, 1.82) is 0 Å². The summed E-state index contributed by atoms with van der Waals surface area (Å²) in [6.07, 6.45) is 0.982. The van der Waals surface area contributed by atoms with Crippen molar-refractivity contribution in [2.45, 2.75) is 44.4 Å². The van der Waals surface area contributed by atoms with Gasteiger partial charge in [-0.25, -0.2) is 9.97 Å². The largest absolute Gasteiger partial charge is 0.312 e. The third-order valence-electron chi connectivity index (χ3n) is 4.16. The van der Waals surface area contributed by atoms with Gasteiger partial charge in [0.05, 0.1) is 5.25 Å². The molecular weight excluding hydrogens is 362 g/mol. The molecule has 3 rings (SSSR count). The van der Waals surface area contributed by atoms with Crippen molar-refractivity contribution in [3.8, 4) is 0 Å². The van der Waals surface area contributed by atoms with Gasteiger partial charge in [0.2, 0.25) is 5.91 Å². The van der Waals surface area contributed by atoms with E-state index in [1.54, 1.807) is 11.3 Å². The number of thiophene rings is 1. The molecular formula is C20H23N3OS2. The van der Waals surface area contributed by atoms with E-state index in [2.05, 4.69) is 23.0 Å². The molecule has 0 saturated carbocycles. The van der Waals surface area contributed by atoms with Crippen molar-refractivity contribution in [2.75, 3.05) is 11.4 Å². The van der Waals surface area contributed by atoms with Crippen LogP contribution in [0.5, 0.6) is 0 Å². The molecule has 0 aliphatic heterocycles. The number of rotatable bonds is 6. The molecule has 0 spiro atoms. The fourth-order valence-electron chi connectivity index (χ4n) is 2.82. The molecule has 0 aliphatic carbocycles. The van der Waals surface area contributed by atoms with Crippen molar-refractivity contribution in [2.24, 2.45) is 0 Å². The van der Waals surface area contributed by atoms with Gasteiger partial charge in [0.25, 0.3) is 0 Å². The van der Waals surface area contributed by atoms with Gasteiger partial charge < -0.3 is 4.90 Å². The van der Waals surface area contributed by atoms with Crippen molar-refractivity contribution >= 4 is 44.9 Å². The molecule has 1 amide bonds. The second-order valence-electron chi connectivity index (χ2n) is 6.04. The summed E-state index contributed by atoms with van der Waals surface area (Å²) in [5.74, 6) is 0.846. The van der Waals surface area contributed by atoms with E-state index in [-0.39, 0.29) is 11.2 Å². The van der Waals surface area contributed by atoms with Crippen LogP contribution in [0.3, 0.4) is 0 Å². The first-order chi connectivity index (χ1) is 12.5. The van der Waals surface area contributed by atoms with Gasteiger partial charge in [-0.05, 0) is 45.4 Å². The molecule has 2 aromatic heterocycles. The number of para-hydroxylation sites is 1. The number of thioether (sulfide) groups is 1. The van der Waals surface area contributed by atoms with E-state index < -0.39 is 0 Å². The van der Waals surface area contributed by atoms with Crippen LogP contribution in [0, 0.1) is 6.92 Å². The molecule has 1 aromatic carbocycles. The molecule has 0 N–H and O–H groups in total. The topological polar surface area (TPSA) is 46.1 Å². The zero-order valence-corrected chi connectivity index (χ0v) is 17.2. The minimum atomic E-state index is -0.224. The predicted octanol–water partition coefficient (Wildman–Crippen LogP) is 5.10. The summed E-state index contributed by atoms with van der Waals surface area (Å²) in [6.45, 7) is 8.65. The van der Waals surface area contributed by atoms with E-state index in [1.807, 2.05) is 56.0 Å². The first-order valence-electron chi connectivity index (χ1n) is 8.83. The lowest BCUT2D eigenvalue weighted by Gasteiger charge is -2.24. The van der Waals surface area contributed by atoms with Crippen LogP contribution in [0.4, 0.5) is 5.69 Å². The van der Waals surface area contributed by atoms with Gasteiger partial charge in [0, 0.05) is 22.5 Å². The van der Waals surface area contributed by atoms with Gasteiger partial charge in [0.1, 0.15) is 15.7 Å². The second-order valence-corrected chi connectivity index (χ2v) is 8.48. The van der Waals surface area contributed by atoms with Crippen LogP contribution >= 0.6 is 23.1 Å². The molecule has 1 unspecified atom stereocenters. The van der Waals surface area contributed by atoms with Gasteiger partial charge in [-0.2, -0.15) is 0 Å². The summed E-state index contributed by atoms with van der Waals surface area (Å²) in [7, 11) is 0. The van der Waals surface area contributed by atoms with E-state index in [1.165, 1.54) is 16.6 Å². The summed E-state index contributed by atoms with van der Waals surface area (Å²) < 4.78 is 0. The second kappa shape index (κ2) is 8.18. The van der Waals surface area contributed by atoms with Crippen LogP contribution in [-0.2, 0) is 11.2 Å². The maximum Gasteiger partial charge on any atom is 0.240 e. The normalized spacial score (nSPS) is 12.3. The van der Waals surface area contributed by atoms with Gasteiger partial charge >= 0.3 is 0 Å². The smallest absolute Gasteiger partial charge is 0.240 e. The molecule has 26 heavy (non-hydrogen) atoms. The molecule has 0 radical (unpaired) electrons. The zero-order valence-electron chi connectivity index (χ0n) is 15.5. The molecule has 2 heterocycles. The molecule has 0 bridgehead atoms. The van der Waals surface area contributed by atoms with Crippen LogP contribution in [0.15, 0.2) is 41.4 Å². The van der Waals surface area contributed by atoms with Gasteiger partial charge in [-0.3, -0.25) is 4.79 Å². The van der Waals surface area contributed by atoms with E-state index in [9.17, 15) is 4.79 Å². The molecule has 6 heteroatoms. The highest BCUT2D eigenvalue weighted by Crippen LogP contribution is 2.34. The number of benzene rings is 1. The van der Waals surface area contributed by atoms with E-state index in [0.717, 1.165) is 33.2 Å². The molecule has 0 aliphatic rings. The quantitative estimate of drug-likeness (QED) is 0.438. The molecule has 3 aromatic rings. The summed E-state index contributed by atoms with van der Waals surface area (Å²) in [5, 5.41) is 1.73. The van der Waals surface area contributed by atoms with Crippen LogP contribution in [0.2, 0.25) is 0 Å². The Morgan fingerprint density at radius 1 is 1.23 bits per heavy atom. The minimum Gasteiger partial charge on any atom is -0.312 e. The Balaban J connectivity index is 1.87. The lowest BCUT2D eigenvalue weighted by atomic mass is 10.2. The summed E-state index contributed by atoms with van der Waals surface area (Å²) in [5.41, 5.74) is 0.931. The van der Waals surface area contributed by atoms with Gasteiger partial charge in [0.15, 0.2) is 0 Å². The Hall–Kier alpha value is -1.92. The standard InChI is InChI=1S/C20H23N3OS2/c1-5-16-12-17-18(21-14(4)22-19(17)26-16)25-13(3)20(24)23(6-2)15-10-8-7-9-11-15/h7-13H,5-6H2,1-4H3. The third-order valence-corrected chi connectivity index (χ3v) is 6.42. The van der Waals surface area contributed by atoms with E-state index in [0.29, 0.717) is 6.54 Å². The summed E-state index contributed by atoms with van der Waals surface area (Å²) in [4.78, 5) is 26.3. The highest BCUT2D eigenvalue weighted by Gasteiger charge is 2.23. The van der Waals surface area contributed by atoms with Crippen LogP contribution in [0.25, 0.3) is 10.2 Å². The number of aromatic nitrogens is 2. The zero-order chi connectivity index (χ0) is 18.7. The van der Waals surface area contributed by atoms with E-state index in [4.69, 9.17) is 0 Å². The fourth-order valence-corrected chi connectivity index (χ4v) is 4.93. The number of amides is 1. The first-order valence-corrected chi connectivity index (χ1v) is 10.5. The highest BCUT2D eigenvalue weighted by atomic mass is 32.2. The number of nitrogens with zero attached hydrogens (tertiary/aromatic N) is 3. The number of carbonyl (C=O) groups is 1. The predicted molar refractivity (Wildman–Crippen MR) is 111 cm³/mol. The van der Waals surface area contributed by atoms with E-state index >= 15 is 0 Å². The lowest BCUT2D eigenvalue weighted by molar-refractivity contribution is -0.117. The Morgan fingerprint density at radius 2 is 1.96 bits per heavy atom. The number of fused-ring (bicyclic) bond motifs is 1. The average Bonchev–Trinajstić information content (AvgIpc) is 3.06. The Morgan fingerprint density at radius 3 is 2.62 bits per heavy atom. The number of aryl methyl sites for hydroxylation is 2. The number of anilines is 1. The minimum absolute atomic E-state index is 0.0964. The fraction of sp³-hybridized carbons (Fsp3) is 0.350. The molecule has 0 fully saturated rings. The Kier molecular flexibility index (Phi) is 5.94. The highest BCUT2D eigenvalue weighted by molar-refractivity contribution is 8.00. The van der Waals surface area contributed by atoms with Gasteiger partial charge in [-0.1, -0.05) is 36.9 Å². The third kappa shape index (κ3) is 3.91. The van der Waals surface area contributed by atoms with Crippen molar-refractivity contribution < 1.29 is 4.79 Å². The molecule has 4 nitrogen and oxygen atoms in total. The number of hydrogen-bond acceptors (Lipinski definition) is 5. The average molecular weight is 386 g/mol. The summed E-state index contributed by atoms with van der Waals surface area (Å²) in [6, 6.07) is 12.0. The van der Waals surface area contributed by atoms with Crippen molar-refractivity contribution in [3.63, 3.8) is 0 Å². The number of hydrogen-bond donors (Lipinski definition) is 0. The van der Waals surface area contributed by atoms with Crippen LogP contribution in [-0.4, -0.2) is 27.7 Å². The number of carbonyl (C=O) groups excluding carboxylic acids is 1. The summed E-state index contributed by atoms with van der Waals surface area (Å²) >= 11 is 3.23. The molecule has 136 valence electrons. The SMILES string of the molecule is CCc1cc2c(SC(C)C(=O)N(CC)c3ccccc3)nc(C)nc2s1. The van der Waals surface area contributed by atoms with Gasteiger partial charge in [-0.15, -0.1) is 11.3 Å².